The SMILES string of the molecule is Nc1cc2cc(-c3ccccc3)ccc2cc1C(=O)O. The van der Waals surface area contributed by atoms with Crippen molar-refractivity contribution < 1.29 is 9.90 Å². The Labute approximate surface area is 116 Å². The van der Waals surface area contributed by atoms with E-state index in [1.165, 1.54) is 0 Å². The molecule has 0 saturated carbocycles. The summed E-state index contributed by atoms with van der Waals surface area (Å²) in [7, 11) is 0. The first-order valence-corrected chi connectivity index (χ1v) is 6.27. The van der Waals surface area contributed by atoms with Crippen LogP contribution in [0.5, 0.6) is 0 Å². The minimum Gasteiger partial charge on any atom is -0.478 e. The number of rotatable bonds is 2. The fourth-order valence-electron chi connectivity index (χ4n) is 2.31. The Bertz CT molecular complexity index is 795. The average Bonchev–Trinajstić information content (AvgIpc) is 2.46. The van der Waals surface area contributed by atoms with E-state index < -0.39 is 5.97 Å². The van der Waals surface area contributed by atoms with Crippen LogP contribution in [0.25, 0.3) is 21.9 Å². The Morgan fingerprint density at radius 3 is 2.30 bits per heavy atom. The maximum absolute atomic E-state index is 11.1. The maximum atomic E-state index is 11.1. The Hall–Kier alpha value is -2.81. The highest BCUT2D eigenvalue weighted by molar-refractivity contribution is 6.01. The van der Waals surface area contributed by atoms with Crippen LogP contribution >= 0.6 is 0 Å². The molecule has 0 fully saturated rings. The number of carboxylic acids is 1. The van der Waals surface area contributed by atoms with Gasteiger partial charge in [-0.2, -0.15) is 0 Å². The van der Waals surface area contributed by atoms with Crippen molar-refractivity contribution in [2.24, 2.45) is 0 Å². The number of nitrogens with two attached hydrogens (primary N) is 1. The van der Waals surface area contributed by atoms with Crippen LogP contribution in [0.4, 0.5) is 5.69 Å². The number of carbonyl (C=O) groups is 1. The van der Waals surface area contributed by atoms with Crippen LogP contribution in [0.1, 0.15) is 10.4 Å². The van der Waals surface area contributed by atoms with Gasteiger partial charge in [0, 0.05) is 5.69 Å². The third-order valence-electron chi connectivity index (χ3n) is 3.35. The van der Waals surface area contributed by atoms with E-state index in [4.69, 9.17) is 10.8 Å². The van der Waals surface area contributed by atoms with E-state index in [1.807, 2.05) is 48.5 Å². The predicted molar refractivity (Wildman–Crippen MR) is 80.8 cm³/mol. The van der Waals surface area contributed by atoms with Gasteiger partial charge in [-0.3, -0.25) is 0 Å². The molecule has 3 N–H and O–H groups in total. The molecule has 0 aliphatic rings. The van der Waals surface area contributed by atoms with Gasteiger partial charge in [0.05, 0.1) is 5.56 Å². The Balaban J connectivity index is 2.18. The lowest BCUT2D eigenvalue weighted by Gasteiger charge is -2.07. The number of nitrogen functional groups attached to an aromatic ring is 1. The minimum absolute atomic E-state index is 0.143. The van der Waals surface area contributed by atoms with Gasteiger partial charge in [-0.05, 0) is 40.1 Å². The summed E-state index contributed by atoms with van der Waals surface area (Å²) in [6.07, 6.45) is 0. The first-order chi connectivity index (χ1) is 9.65. The summed E-state index contributed by atoms with van der Waals surface area (Å²) in [5.74, 6) is -1.00. The molecule has 98 valence electrons. The van der Waals surface area contributed by atoms with Crippen LogP contribution < -0.4 is 5.73 Å². The van der Waals surface area contributed by atoms with Gasteiger partial charge in [0.1, 0.15) is 0 Å². The van der Waals surface area contributed by atoms with Crippen molar-refractivity contribution in [3.8, 4) is 11.1 Å². The number of hydrogen-bond donors (Lipinski definition) is 2. The topological polar surface area (TPSA) is 63.3 Å². The van der Waals surface area contributed by atoms with Gasteiger partial charge in [-0.1, -0.05) is 42.5 Å². The third kappa shape index (κ3) is 2.10. The normalized spacial score (nSPS) is 10.6. The number of carboxylic acid groups (broad SMARTS) is 1. The molecule has 3 aromatic carbocycles. The zero-order valence-electron chi connectivity index (χ0n) is 10.7. The van der Waals surface area contributed by atoms with Crippen molar-refractivity contribution in [1.82, 2.24) is 0 Å². The van der Waals surface area contributed by atoms with Gasteiger partial charge < -0.3 is 10.8 Å². The summed E-state index contributed by atoms with van der Waals surface area (Å²) in [5.41, 5.74) is 8.43. The summed E-state index contributed by atoms with van der Waals surface area (Å²) >= 11 is 0. The third-order valence-corrected chi connectivity index (χ3v) is 3.35. The highest BCUT2D eigenvalue weighted by Crippen LogP contribution is 2.27. The Kier molecular flexibility index (Phi) is 2.88. The molecule has 0 atom stereocenters. The van der Waals surface area contributed by atoms with E-state index in [-0.39, 0.29) is 11.3 Å². The molecule has 0 heterocycles. The van der Waals surface area contributed by atoms with E-state index in [1.54, 1.807) is 12.1 Å². The second-order valence-electron chi connectivity index (χ2n) is 4.67. The second-order valence-corrected chi connectivity index (χ2v) is 4.67. The maximum Gasteiger partial charge on any atom is 0.337 e. The zero-order valence-corrected chi connectivity index (χ0v) is 10.7. The molecule has 0 spiro atoms. The van der Waals surface area contributed by atoms with Crippen LogP contribution in [0.2, 0.25) is 0 Å². The molecule has 0 aliphatic carbocycles. The quantitative estimate of drug-likeness (QED) is 0.691. The van der Waals surface area contributed by atoms with Gasteiger partial charge in [-0.25, -0.2) is 4.79 Å². The molecule has 3 heteroatoms. The predicted octanol–water partition coefficient (Wildman–Crippen LogP) is 3.79. The van der Waals surface area contributed by atoms with E-state index in [2.05, 4.69) is 0 Å². The minimum atomic E-state index is -1.00. The lowest BCUT2D eigenvalue weighted by molar-refractivity contribution is 0.0698. The molecule has 0 radical (unpaired) electrons. The molecule has 3 aromatic rings. The molecule has 0 aliphatic heterocycles. The molecule has 3 rings (SSSR count). The zero-order chi connectivity index (χ0) is 14.1. The summed E-state index contributed by atoms with van der Waals surface area (Å²) in [5, 5.41) is 10.9. The lowest BCUT2D eigenvalue weighted by Crippen LogP contribution is -2.02. The molecule has 0 amide bonds. The summed E-state index contributed by atoms with van der Waals surface area (Å²) in [6, 6.07) is 19.3. The Morgan fingerprint density at radius 1 is 0.850 bits per heavy atom. The number of hydrogen-bond acceptors (Lipinski definition) is 2. The monoisotopic (exact) mass is 263 g/mol. The van der Waals surface area contributed by atoms with Gasteiger partial charge >= 0.3 is 5.97 Å². The fourth-order valence-corrected chi connectivity index (χ4v) is 2.31. The molecule has 0 unspecified atom stereocenters. The average molecular weight is 263 g/mol. The van der Waals surface area contributed by atoms with Crippen LogP contribution in [0.15, 0.2) is 60.7 Å². The standard InChI is InChI=1S/C17H13NO2/c18-16-10-14-8-12(11-4-2-1-3-5-11)6-7-13(14)9-15(16)17(19)20/h1-10H,18H2,(H,19,20). The fraction of sp³-hybridized carbons (Fsp3) is 0. The van der Waals surface area contributed by atoms with E-state index in [9.17, 15) is 4.79 Å². The molecular weight excluding hydrogens is 250 g/mol. The van der Waals surface area contributed by atoms with Crippen molar-refractivity contribution in [3.63, 3.8) is 0 Å². The van der Waals surface area contributed by atoms with Crippen molar-refractivity contribution in [1.29, 1.82) is 0 Å². The lowest BCUT2D eigenvalue weighted by atomic mass is 9.99. The van der Waals surface area contributed by atoms with Crippen LogP contribution in [0.3, 0.4) is 0 Å². The second kappa shape index (κ2) is 4.70. The van der Waals surface area contributed by atoms with Crippen molar-refractivity contribution in [2.75, 3.05) is 5.73 Å². The van der Waals surface area contributed by atoms with Gasteiger partial charge in [0.2, 0.25) is 0 Å². The number of aromatic carboxylic acids is 1. The van der Waals surface area contributed by atoms with Crippen LogP contribution in [-0.4, -0.2) is 11.1 Å². The largest absolute Gasteiger partial charge is 0.478 e. The number of fused-ring (bicyclic) bond motifs is 1. The van der Waals surface area contributed by atoms with Crippen molar-refractivity contribution in [2.45, 2.75) is 0 Å². The number of anilines is 1. The van der Waals surface area contributed by atoms with Crippen molar-refractivity contribution >= 4 is 22.4 Å². The molecule has 3 nitrogen and oxygen atoms in total. The molecule has 20 heavy (non-hydrogen) atoms. The first kappa shape index (κ1) is 12.2. The van der Waals surface area contributed by atoms with Gasteiger partial charge in [0.15, 0.2) is 0 Å². The van der Waals surface area contributed by atoms with Crippen LogP contribution in [0, 0.1) is 0 Å². The molecule has 0 aromatic heterocycles. The highest BCUT2D eigenvalue weighted by Gasteiger charge is 2.09. The van der Waals surface area contributed by atoms with Gasteiger partial charge in [0.25, 0.3) is 0 Å². The molecule has 0 saturated heterocycles. The molecule has 0 bridgehead atoms. The summed E-state index contributed by atoms with van der Waals surface area (Å²) in [4.78, 5) is 11.1. The van der Waals surface area contributed by atoms with E-state index >= 15 is 0 Å². The summed E-state index contributed by atoms with van der Waals surface area (Å²) in [6.45, 7) is 0. The van der Waals surface area contributed by atoms with Crippen molar-refractivity contribution in [3.05, 3.63) is 66.2 Å². The van der Waals surface area contributed by atoms with Crippen LogP contribution in [-0.2, 0) is 0 Å². The smallest absolute Gasteiger partial charge is 0.337 e. The Morgan fingerprint density at radius 2 is 1.60 bits per heavy atom. The highest BCUT2D eigenvalue weighted by atomic mass is 16.4. The van der Waals surface area contributed by atoms with E-state index in [0.29, 0.717) is 0 Å². The summed E-state index contributed by atoms with van der Waals surface area (Å²) < 4.78 is 0. The van der Waals surface area contributed by atoms with E-state index in [0.717, 1.165) is 21.9 Å². The molecular formula is C17H13NO2. The number of benzene rings is 3. The van der Waals surface area contributed by atoms with Gasteiger partial charge in [-0.15, -0.1) is 0 Å². The first-order valence-electron chi connectivity index (χ1n) is 6.27.